The second-order valence-electron chi connectivity index (χ2n) is 5.55. The molecule has 1 atom stereocenters. The van der Waals surface area contributed by atoms with Gasteiger partial charge in [0.15, 0.2) is 0 Å². The maximum absolute atomic E-state index is 5.77. The first kappa shape index (κ1) is 15.0. The molecule has 1 N–H and O–H groups in total. The number of aromatic nitrogens is 1. The largest absolute Gasteiger partial charge is 0.491 e. The van der Waals surface area contributed by atoms with Crippen LogP contribution in [0.4, 0.5) is 0 Å². The Hall–Kier alpha value is -1.91. The van der Waals surface area contributed by atoms with Crippen molar-refractivity contribution in [3.8, 4) is 5.75 Å². The normalized spacial score (nSPS) is 17.5. The van der Waals surface area contributed by atoms with E-state index in [0.717, 1.165) is 38.3 Å². The molecule has 0 radical (unpaired) electrons. The number of nitrogens with one attached hydrogen (secondary N) is 1. The van der Waals surface area contributed by atoms with Crippen molar-refractivity contribution < 1.29 is 9.47 Å². The zero-order valence-corrected chi connectivity index (χ0v) is 12.7. The third-order valence-electron chi connectivity index (χ3n) is 3.76. The van der Waals surface area contributed by atoms with Gasteiger partial charge in [-0.1, -0.05) is 18.2 Å². The Balaban J connectivity index is 1.41. The van der Waals surface area contributed by atoms with Crippen LogP contribution >= 0.6 is 0 Å². The standard InChI is InChI=1S/C18H22N2O2/c1-3-16(12-19-9-1)13-20-11-15-5-7-17(8-6-15)22-14-18-4-2-10-21-18/h1,3,5-9,12,18,20H,2,4,10-11,13-14H2/t18-/m0/s1. The van der Waals surface area contributed by atoms with Crippen molar-refractivity contribution in [3.05, 3.63) is 59.9 Å². The monoisotopic (exact) mass is 298 g/mol. The zero-order valence-electron chi connectivity index (χ0n) is 12.7. The summed E-state index contributed by atoms with van der Waals surface area (Å²) in [6.45, 7) is 3.18. The molecule has 4 nitrogen and oxygen atoms in total. The summed E-state index contributed by atoms with van der Waals surface area (Å²) >= 11 is 0. The molecule has 0 unspecified atom stereocenters. The van der Waals surface area contributed by atoms with Crippen LogP contribution in [0.25, 0.3) is 0 Å². The topological polar surface area (TPSA) is 43.4 Å². The Morgan fingerprint density at radius 3 is 2.73 bits per heavy atom. The van der Waals surface area contributed by atoms with Gasteiger partial charge in [0.05, 0.1) is 6.10 Å². The zero-order chi connectivity index (χ0) is 15.0. The van der Waals surface area contributed by atoms with Crippen molar-refractivity contribution in [3.63, 3.8) is 0 Å². The fourth-order valence-corrected chi connectivity index (χ4v) is 2.52. The molecule has 1 aliphatic rings. The minimum Gasteiger partial charge on any atom is -0.491 e. The Morgan fingerprint density at radius 2 is 2.00 bits per heavy atom. The molecule has 116 valence electrons. The summed E-state index contributed by atoms with van der Waals surface area (Å²) in [6.07, 6.45) is 6.19. The first-order valence-corrected chi connectivity index (χ1v) is 7.83. The van der Waals surface area contributed by atoms with E-state index in [1.807, 2.05) is 24.4 Å². The summed E-state index contributed by atoms with van der Waals surface area (Å²) in [7, 11) is 0. The Bertz CT molecular complexity index is 551. The lowest BCUT2D eigenvalue weighted by Gasteiger charge is -2.12. The lowest BCUT2D eigenvalue weighted by Crippen LogP contribution is -2.16. The second-order valence-corrected chi connectivity index (χ2v) is 5.55. The molecule has 1 fully saturated rings. The molecule has 0 spiro atoms. The van der Waals surface area contributed by atoms with Gasteiger partial charge in [-0.15, -0.1) is 0 Å². The van der Waals surface area contributed by atoms with Crippen LogP contribution in [0.15, 0.2) is 48.8 Å². The Morgan fingerprint density at radius 1 is 1.14 bits per heavy atom. The second kappa shape index (κ2) is 7.92. The molecule has 2 aromatic rings. The van der Waals surface area contributed by atoms with Crippen LogP contribution < -0.4 is 10.1 Å². The molecule has 0 amide bonds. The quantitative estimate of drug-likeness (QED) is 0.853. The molecular weight excluding hydrogens is 276 g/mol. The van der Waals surface area contributed by atoms with Crippen molar-refractivity contribution >= 4 is 0 Å². The fraction of sp³-hybridized carbons (Fsp3) is 0.389. The van der Waals surface area contributed by atoms with Gasteiger partial charge in [-0.3, -0.25) is 4.98 Å². The highest BCUT2D eigenvalue weighted by Crippen LogP contribution is 2.16. The van der Waals surface area contributed by atoms with Crippen molar-refractivity contribution in [1.29, 1.82) is 0 Å². The van der Waals surface area contributed by atoms with Crippen LogP contribution in [-0.4, -0.2) is 24.3 Å². The summed E-state index contributed by atoms with van der Waals surface area (Å²) in [5, 5.41) is 3.41. The number of hydrogen-bond acceptors (Lipinski definition) is 4. The summed E-state index contributed by atoms with van der Waals surface area (Å²) < 4.78 is 11.3. The number of pyridine rings is 1. The predicted octanol–water partition coefficient (Wildman–Crippen LogP) is 2.93. The van der Waals surface area contributed by atoms with Gasteiger partial charge in [0.25, 0.3) is 0 Å². The molecule has 1 aromatic heterocycles. The summed E-state index contributed by atoms with van der Waals surface area (Å²) in [5.41, 5.74) is 2.44. The van der Waals surface area contributed by atoms with Crippen LogP contribution in [-0.2, 0) is 17.8 Å². The maximum Gasteiger partial charge on any atom is 0.119 e. The van der Waals surface area contributed by atoms with E-state index in [0.29, 0.717) is 6.61 Å². The molecule has 1 aliphatic heterocycles. The van der Waals surface area contributed by atoms with Crippen LogP contribution in [0.2, 0.25) is 0 Å². The average Bonchev–Trinajstić information content (AvgIpc) is 3.09. The first-order valence-electron chi connectivity index (χ1n) is 7.83. The molecule has 4 heteroatoms. The minimum atomic E-state index is 0.265. The smallest absolute Gasteiger partial charge is 0.119 e. The third-order valence-corrected chi connectivity index (χ3v) is 3.76. The molecule has 3 rings (SSSR count). The van der Waals surface area contributed by atoms with E-state index in [2.05, 4.69) is 28.5 Å². The molecule has 0 saturated carbocycles. The molecule has 0 aliphatic carbocycles. The highest BCUT2D eigenvalue weighted by Gasteiger charge is 2.15. The summed E-state index contributed by atoms with van der Waals surface area (Å²) in [4.78, 5) is 4.11. The van der Waals surface area contributed by atoms with Gasteiger partial charge in [-0.2, -0.15) is 0 Å². The van der Waals surface area contributed by atoms with Crippen LogP contribution in [0.5, 0.6) is 5.75 Å². The highest BCUT2D eigenvalue weighted by molar-refractivity contribution is 5.27. The highest BCUT2D eigenvalue weighted by atomic mass is 16.5. The fourth-order valence-electron chi connectivity index (χ4n) is 2.52. The van der Waals surface area contributed by atoms with E-state index in [1.165, 1.54) is 11.1 Å². The molecule has 1 saturated heterocycles. The molecule has 0 bridgehead atoms. The van der Waals surface area contributed by atoms with E-state index in [-0.39, 0.29) is 6.10 Å². The number of hydrogen-bond donors (Lipinski definition) is 1. The van der Waals surface area contributed by atoms with E-state index in [4.69, 9.17) is 9.47 Å². The van der Waals surface area contributed by atoms with Gasteiger partial charge < -0.3 is 14.8 Å². The van der Waals surface area contributed by atoms with Crippen molar-refractivity contribution in [2.45, 2.75) is 32.0 Å². The van der Waals surface area contributed by atoms with E-state index >= 15 is 0 Å². The van der Waals surface area contributed by atoms with Gasteiger partial charge >= 0.3 is 0 Å². The SMILES string of the molecule is c1cncc(CNCc2ccc(OC[C@@H]3CCCO3)cc2)c1. The van der Waals surface area contributed by atoms with Gasteiger partial charge in [-0.05, 0) is 42.2 Å². The van der Waals surface area contributed by atoms with Crippen molar-refractivity contribution in [1.82, 2.24) is 10.3 Å². The van der Waals surface area contributed by atoms with Crippen molar-refractivity contribution in [2.75, 3.05) is 13.2 Å². The Kier molecular flexibility index (Phi) is 5.40. The van der Waals surface area contributed by atoms with E-state index < -0.39 is 0 Å². The maximum atomic E-state index is 5.77. The van der Waals surface area contributed by atoms with Crippen LogP contribution in [0.3, 0.4) is 0 Å². The van der Waals surface area contributed by atoms with E-state index in [9.17, 15) is 0 Å². The third kappa shape index (κ3) is 4.55. The van der Waals surface area contributed by atoms with Gasteiger partial charge in [0.1, 0.15) is 12.4 Å². The summed E-state index contributed by atoms with van der Waals surface area (Å²) in [5.74, 6) is 0.909. The molecule has 22 heavy (non-hydrogen) atoms. The predicted molar refractivity (Wildman–Crippen MR) is 85.7 cm³/mol. The molecular formula is C18H22N2O2. The number of ether oxygens (including phenoxy) is 2. The Labute approximate surface area is 131 Å². The number of benzene rings is 1. The molecule has 1 aromatic carbocycles. The van der Waals surface area contributed by atoms with Gasteiger partial charge in [-0.25, -0.2) is 0 Å². The van der Waals surface area contributed by atoms with Crippen molar-refractivity contribution in [2.24, 2.45) is 0 Å². The number of nitrogens with zero attached hydrogens (tertiary/aromatic N) is 1. The first-order chi connectivity index (χ1) is 10.9. The lowest BCUT2D eigenvalue weighted by atomic mass is 10.2. The lowest BCUT2D eigenvalue weighted by molar-refractivity contribution is 0.0679. The average molecular weight is 298 g/mol. The number of rotatable bonds is 7. The van der Waals surface area contributed by atoms with Crippen LogP contribution in [0.1, 0.15) is 24.0 Å². The van der Waals surface area contributed by atoms with Gasteiger partial charge in [0, 0.05) is 32.1 Å². The molecule has 2 heterocycles. The summed E-state index contributed by atoms with van der Waals surface area (Å²) in [6, 6.07) is 12.3. The van der Waals surface area contributed by atoms with Gasteiger partial charge in [0.2, 0.25) is 0 Å². The van der Waals surface area contributed by atoms with E-state index in [1.54, 1.807) is 6.20 Å². The van der Waals surface area contributed by atoms with Crippen LogP contribution in [0, 0.1) is 0 Å². The minimum absolute atomic E-state index is 0.265.